The summed E-state index contributed by atoms with van der Waals surface area (Å²) in [5, 5.41) is 0. The van der Waals surface area contributed by atoms with E-state index in [9.17, 15) is 14.4 Å². The van der Waals surface area contributed by atoms with Crippen molar-refractivity contribution in [1.82, 2.24) is 0 Å². The highest BCUT2D eigenvalue weighted by molar-refractivity contribution is 5.71. The Kier molecular flexibility index (Phi) is 46.9. The Morgan fingerprint density at radius 3 is 0.950 bits per heavy atom. The van der Waals surface area contributed by atoms with Gasteiger partial charge in [0.15, 0.2) is 6.10 Å². The number of hydrogen-bond donors (Lipinski definition) is 0. The zero-order valence-electron chi connectivity index (χ0n) is 39.7. The van der Waals surface area contributed by atoms with E-state index in [0.29, 0.717) is 19.3 Å². The third-order valence-electron chi connectivity index (χ3n) is 11.1. The lowest BCUT2D eigenvalue weighted by Crippen LogP contribution is -2.30. The summed E-state index contributed by atoms with van der Waals surface area (Å²) in [7, 11) is 0. The van der Waals surface area contributed by atoms with E-state index in [2.05, 4.69) is 69.4 Å². The van der Waals surface area contributed by atoms with Crippen molar-refractivity contribution in [2.75, 3.05) is 13.2 Å². The highest BCUT2D eigenvalue weighted by atomic mass is 16.6. The second-order valence-electron chi connectivity index (χ2n) is 17.1. The summed E-state index contributed by atoms with van der Waals surface area (Å²) < 4.78 is 16.7. The number of hydrogen-bond acceptors (Lipinski definition) is 6. The molecule has 1 unspecified atom stereocenters. The minimum Gasteiger partial charge on any atom is -0.462 e. The molecule has 0 spiro atoms. The molecule has 0 rings (SSSR count). The van der Waals surface area contributed by atoms with Crippen LogP contribution >= 0.6 is 0 Å². The van der Waals surface area contributed by atoms with Crippen LogP contribution in [0.5, 0.6) is 0 Å². The zero-order chi connectivity index (χ0) is 43.7. The van der Waals surface area contributed by atoms with Gasteiger partial charge in [0.05, 0.1) is 0 Å². The lowest BCUT2D eigenvalue weighted by atomic mass is 10.1. The summed E-state index contributed by atoms with van der Waals surface area (Å²) >= 11 is 0. The fourth-order valence-electron chi connectivity index (χ4n) is 7.15. The Labute approximate surface area is 371 Å². The van der Waals surface area contributed by atoms with E-state index in [0.717, 1.165) is 89.9 Å². The summed E-state index contributed by atoms with van der Waals surface area (Å²) in [6.45, 7) is 6.53. The van der Waals surface area contributed by atoms with Gasteiger partial charge in [0, 0.05) is 19.3 Å². The lowest BCUT2D eigenvalue weighted by molar-refractivity contribution is -0.167. The van der Waals surface area contributed by atoms with Gasteiger partial charge in [-0.05, 0) is 83.5 Å². The van der Waals surface area contributed by atoms with Gasteiger partial charge in [0.25, 0.3) is 0 Å². The van der Waals surface area contributed by atoms with Crippen LogP contribution in [-0.2, 0) is 28.6 Å². The molecule has 0 fully saturated rings. The van der Waals surface area contributed by atoms with Crippen molar-refractivity contribution in [2.45, 2.75) is 264 Å². The topological polar surface area (TPSA) is 78.9 Å². The van der Waals surface area contributed by atoms with Crippen LogP contribution in [-0.4, -0.2) is 37.2 Å². The molecule has 0 N–H and O–H groups in total. The van der Waals surface area contributed by atoms with Gasteiger partial charge in [0.1, 0.15) is 13.2 Å². The molecule has 0 aliphatic rings. The van der Waals surface area contributed by atoms with Gasteiger partial charge in [-0.1, -0.05) is 204 Å². The average Bonchev–Trinajstić information content (AvgIpc) is 3.24. The molecule has 6 heteroatoms. The van der Waals surface area contributed by atoms with Crippen molar-refractivity contribution in [3.63, 3.8) is 0 Å². The van der Waals surface area contributed by atoms with Gasteiger partial charge < -0.3 is 14.2 Å². The molecule has 348 valence electrons. The molecule has 6 nitrogen and oxygen atoms in total. The molecule has 0 heterocycles. The SMILES string of the molecule is CCCCC/C=C\C/C=C\CCCCCCCC(=O)OC(COC(=O)CCCCCCCC)COC(=O)CCCCCCCCCCC/C=C\C/C=C\CCCCCCC. The highest BCUT2D eigenvalue weighted by Crippen LogP contribution is 2.14. The Bertz CT molecular complexity index is 1060. The third-order valence-corrected chi connectivity index (χ3v) is 11.1. The number of rotatable bonds is 46. The largest absolute Gasteiger partial charge is 0.462 e. The first-order valence-electron chi connectivity index (χ1n) is 25.6. The molecule has 0 aromatic heterocycles. The Balaban J connectivity index is 4.20. The predicted molar refractivity (Wildman–Crippen MR) is 256 cm³/mol. The minimum absolute atomic E-state index is 0.0799. The van der Waals surface area contributed by atoms with Gasteiger partial charge in [-0.25, -0.2) is 0 Å². The van der Waals surface area contributed by atoms with Crippen LogP contribution in [0.2, 0.25) is 0 Å². The van der Waals surface area contributed by atoms with Crippen LogP contribution in [0.3, 0.4) is 0 Å². The highest BCUT2D eigenvalue weighted by Gasteiger charge is 2.19. The Hall–Kier alpha value is -2.63. The summed E-state index contributed by atoms with van der Waals surface area (Å²) in [4.78, 5) is 37.7. The standard InChI is InChI=1S/C54H96O6/c1-4-7-10-13-16-18-20-22-24-25-26-27-28-29-31-32-34-36-38-41-44-47-53(56)59-50-51(49-58-52(55)46-43-40-15-12-9-6-3)60-54(57)48-45-42-39-37-35-33-30-23-21-19-17-14-11-8-5-2/h17,19-20,22-23,25-26,30,51H,4-16,18,21,24,27-29,31-50H2,1-3H3/b19-17-,22-20-,26-25-,30-23-. The maximum atomic E-state index is 12.7. The van der Waals surface area contributed by atoms with Crippen LogP contribution in [0.15, 0.2) is 48.6 Å². The van der Waals surface area contributed by atoms with Crippen molar-refractivity contribution in [3.8, 4) is 0 Å². The van der Waals surface area contributed by atoms with Crippen molar-refractivity contribution in [2.24, 2.45) is 0 Å². The maximum absolute atomic E-state index is 12.7. The lowest BCUT2D eigenvalue weighted by Gasteiger charge is -2.18. The van der Waals surface area contributed by atoms with Gasteiger partial charge in [0.2, 0.25) is 0 Å². The third kappa shape index (κ3) is 46.4. The first kappa shape index (κ1) is 57.4. The number of carbonyl (C=O) groups excluding carboxylic acids is 3. The fraction of sp³-hybridized carbons (Fsp3) is 0.796. The smallest absolute Gasteiger partial charge is 0.306 e. The number of esters is 3. The molecule has 0 saturated carbocycles. The van der Waals surface area contributed by atoms with E-state index in [4.69, 9.17) is 14.2 Å². The first-order chi connectivity index (χ1) is 29.5. The predicted octanol–water partition coefficient (Wildman–Crippen LogP) is 16.7. The molecule has 0 aromatic rings. The number of unbranched alkanes of at least 4 members (excludes halogenated alkanes) is 27. The minimum atomic E-state index is -0.777. The molecule has 0 aliphatic carbocycles. The van der Waals surface area contributed by atoms with Crippen molar-refractivity contribution in [1.29, 1.82) is 0 Å². The monoisotopic (exact) mass is 841 g/mol. The molecule has 60 heavy (non-hydrogen) atoms. The van der Waals surface area contributed by atoms with E-state index in [1.165, 1.54) is 128 Å². The first-order valence-corrected chi connectivity index (χ1v) is 25.6. The van der Waals surface area contributed by atoms with E-state index >= 15 is 0 Å². The second kappa shape index (κ2) is 49.0. The molecular weight excluding hydrogens is 745 g/mol. The summed E-state index contributed by atoms with van der Waals surface area (Å²) in [6, 6.07) is 0. The molecule has 0 radical (unpaired) electrons. The van der Waals surface area contributed by atoms with E-state index in [-0.39, 0.29) is 31.1 Å². The molecular formula is C54H96O6. The zero-order valence-corrected chi connectivity index (χ0v) is 39.7. The van der Waals surface area contributed by atoms with Crippen LogP contribution in [0.4, 0.5) is 0 Å². The van der Waals surface area contributed by atoms with Crippen LogP contribution < -0.4 is 0 Å². The second-order valence-corrected chi connectivity index (χ2v) is 17.1. The van der Waals surface area contributed by atoms with Crippen LogP contribution in [0.25, 0.3) is 0 Å². The number of ether oxygens (including phenoxy) is 3. The van der Waals surface area contributed by atoms with Crippen molar-refractivity contribution >= 4 is 17.9 Å². The quantitative estimate of drug-likeness (QED) is 0.0263. The summed E-state index contributed by atoms with van der Waals surface area (Å²) in [5.41, 5.74) is 0. The van der Waals surface area contributed by atoms with Gasteiger partial charge >= 0.3 is 17.9 Å². The molecule has 0 saturated heterocycles. The molecule has 0 amide bonds. The van der Waals surface area contributed by atoms with Gasteiger partial charge in [-0.2, -0.15) is 0 Å². The molecule has 1 atom stereocenters. The van der Waals surface area contributed by atoms with E-state index < -0.39 is 6.10 Å². The average molecular weight is 841 g/mol. The molecule has 0 bridgehead atoms. The van der Waals surface area contributed by atoms with Crippen molar-refractivity contribution in [3.05, 3.63) is 48.6 Å². The fourth-order valence-corrected chi connectivity index (χ4v) is 7.15. The van der Waals surface area contributed by atoms with Gasteiger partial charge in [-0.3, -0.25) is 14.4 Å². The molecule has 0 aliphatic heterocycles. The Morgan fingerprint density at radius 2 is 0.600 bits per heavy atom. The van der Waals surface area contributed by atoms with Gasteiger partial charge in [-0.15, -0.1) is 0 Å². The Morgan fingerprint density at radius 1 is 0.333 bits per heavy atom. The van der Waals surface area contributed by atoms with Crippen molar-refractivity contribution < 1.29 is 28.6 Å². The normalized spacial score (nSPS) is 12.4. The number of allylic oxidation sites excluding steroid dienone is 8. The summed E-state index contributed by atoms with van der Waals surface area (Å²) in [6.07, 6.45) is 58.3. The number of carbonyl (C=O) groups is 3. The molecule has 0 aromatic carbocycles. The van der Waals surface area contributed by atoms with Crippen LogP contribution in [0, 0.1) is 0 Å². The summed E-state index contributed by atoms with van der Waals surface area (Å²) in [5.74, 6) is -0.903. The maximum Gasteiger partial charge on any atom is 0.306 e. The van der Waals surface area contributed by atoms with E-state index in [1.807, 2.05) is 0 Å². The van der Waals surface area contributed by atoms with Crippen LogP contribution in [0.1, 0.15) is 258 Å². The van der Waals surface area contributed by atoms with E-state index in [1.54, 1.807) is 0 Å².